The number of amides is 1. The molecule has 0 bridgehead atoms. The predicted molar refractivity (Wildman–Crippen MR) is 54.9 cm³/mol. The zero-order valence-corrected chi connectivity index (χ0v) is 8.51. The average Bonchev–Trinajstić information content (AvgIpc) is 2.76. The maximum Gasteiger partial charge on any atom is 0.253 e. The van der Waals surface area contributed by atoms with Crippen molar-refractivity contribution < 1.29 is 9.53 Å². The molecule has 2 aliphatic heterocycles. The van der Waals surface area contributed by atoms with Crippen molar-refractivity contribution in [1.29, 1.82) is 0 Å². The molecule has 0 atom stereocenters. The molecule has 1 fully saturated rings. The van der Waals surface area contributed by atoms with E-state index in [2.05, 4.69) is 10.3 Å². The zero-order chi connectivity index (χ0) is 10.3. The molecule has 4 nitrogen and oxygen atoms in total. The van der Waals surface area contributed by atoms with E-state index in [0.29, 0.717) is 0 Å². The molecule has 0 aromatic carbocycles. The summed E-state index contributed by atoms with van der Waals surface area (Å²) < 4.78 is 5.39. The molecule has 3 heterocycles. The monoisotopic (exact) mass is 206 g/mol. The van der Waals surface area contributed by atoms with Gasteiger partial charge >= 0.3 is 0 Å². The molecule has 15 heavy (non-hydrogen) atoms. The Hall–Kier alpha value is -1.29. The van der Waals surface area contributed by atoms with Gasteiger partial charge in [0.15, 0.2) is 0 Å². The molecule has 1 aromatic heterocycles. The summed E-state index contributed by atoms with van der Waals surface area (Å²) in [6.07, 6.45) is 3.83. The second-order valence-electron chi connectivity index (χ2n) is 4.34. The Balaban J connectivity index is 2.06. The summed E-state index contributed by atoms with van der Waals surface area (Å²) in [4.78, 5) is 14.8. The molecule has 1 aromatic rings. The molecule has 0 radical (unpaired) electrons. The predicted octanol–water partition coefficient (Wildman–Crippen LogP) is 0.806. The number of aromatic amines is 1. The number of fused-ring (bicyclic) bond motifs is 2. The molecule has 0 aliphatic carbocycles. The van der Waals surface area contributed by atoms with E-state index < -0.39 is 0 Å². The Morgan fingerprint density at radius 2 is 2.13 bits per heavy atom. The molecule has 2 aliphatic rings. The van der Waals surface area contributed by atoms with Gasteiger partial charge in [0.2, 0.25) is 0 Å². The van der Waals surface area contributed by atoms with E-state index in [4.69, 9.17) is 4.74 Å². The number of H-pyrrole nitrogens is 1. The smallest absolute Gasteiger partial charge is 0.253 e. The van der Waals surface area contributed by atoms with E-state index >= 15 is 0 Å². The van der Waals surface area contributed by atoms with Crippen LogP contribution in [0.3, 0.4) is 0 Å². The topological polar surface area (TPSA) is 54.1 Å². The highest BCUT2D eigenvalue weighted by molar-refractivity contribution is 5.97. The van der Waals surface area contributed by atoms with Crippen LogP contribution < -0.4 is 5.32 Å². The van der Waals surface area contributed by atoms with Gasteiger partial charge in [-0.15, -0.1) is 0 Å². The molecule has 0 unspecified atom stereocenters. The minimum Gasteiger partial charge on any atom is -0.381 e. The fourth-order valence-electron chi connectivity index (χ4n) is 2.62. The lowest BCUT2D eigenvalue weighted by molar-refractivity contribution is 0.0442. The van der Waals surface area contributed by atoms with Gasteiger partial charge in [-0.2, -0.15) is 0 Å². The Labute approximate surface area is 88.0 Å². The second kappa shape index (κ2) is 3.10. The van der Waals surface area contributed by atoms with Crippen molar-refractivity contribution in [2.45, 2.75) is 18.3 Å². The maximum atomic E-state index is 11.6. The average molecular weight is 206 g/mol. The maximum absolute atomic E-state index is 11.6. The number of carbonyl (C=O) groups is 1. The van der Waals surface area contributed by atoms with Crippen LogP contribution in [-0.4, -0.2) is 30.6 Å². The lowest BCUT2D eigenvalue weighted by Gasteiger charge is -2.39. The molecule has 1 saturated heterocycles. The first-order valence-electron chi connectivity index (χ1n) is 5.36. The SMILES string of the molecule is O=C1NCC2(CCOCC2)c2[nH]ccc21. The first kappa shape index (κ1) is 8.97. The van der Waals surface area contributed by atoms with Crippen LogP contribution >= 0.6 is 0 Å². The number of carbonyl (C=O) groups excluding carboxylic acids is 1. The normalized spacial score (nSPS) is 23.6. The largest absolute Gasteiger partial charge is 0.381 e. The Morgan fingerprint density at radius 1 is 1.33 bits per heavy atom. The van der Waals surface area contributed by atoms with Gasteiger partial charge in [0, 0.05) is 37.1 Å². The summed E-state index contributed by atoms with van der Waals surface area (Å²) in [7, 11) is 0. The van der Waals surface area contributed by atoms with Crippen molar-refractivity contribution in [1.82, 2.24) is 10.3 Å². The third kappa shape index (κ3) is 1.21. The van der Waals surface area contributed by atoms with Crippen molar-refractivity contribution in [3.63, 3.8) is 0 Å². The molecular formula is C11H14N2O2. The Kier molecular flexibility index (Phi) is 1.85. The first-order chi connectivity index (χ1) is 7.32. The third-order valence-electron chi connectivity index (χ3n) is 3.56. The van der Waals surface area contributed by atoms with Crippen molar-refractivity contribution in [3.05, 3.63) is 23.5 Å². The van der Waals surface area contributed by atoms with Crippen LogP contribution in [0, 0.1) is 0 Å². The van der Waals surface area contributed by atoms with Crippen LogP contribution in [0.1, 0.15) is 28.9 Å². The number of ether oxygens (including phenoxy) is 1. The van der Waals surface area contributed by atoms with E-state index in [1.807, 2.05) is 12.3 Å². The number of nitrogens with one attached hydrogen (secondary N) is 2. The van der Waals surface area contributed by atoms with Crippen LogP contribution in [0.25, 0.3) is 0 Å². The summed E-state index contributed by atoms with van der Waals surface area (Å²) in [6, 6.07) is 1.86. The van der Waals surface area contributed by atoms with Crippen LogP contribution in [-0.2, 0) is 10.2 Å². The molecule has 2 N–H and O–H groups in total. The van der Waals surface area contributed by atoms with E-state index in [1.165, 1.54) is 0 Å². The number of hydrogen-bond donors (Lipinski definition) is 2. The lowest BCUT2D eigenvalue weighted by Crippen LogP contribution is -2.49. The highest BCUT2D eigenvalue weighted by Gasteiger charge is 2.41. The summed E-state index contributed by atoms with van der Waals surface area (Å²) in [6.45, 7) is 2.31. The van der Waals surface area contributed by atoms with Crippen LogP contribution in [0.15, 0.2) is 12.3 Å². The summed E-state index contributed by atoms with van der Waals surface area (Å²) >= 11 is 0. The zero-order valence-electron chi connectivity index (χ0n) is 8.51. The van der Waals surface area contributed by atoms with Crippen LogP contribution in [0.5, 0.6) is 0 Å². The Bertz CT molecular complexity index is 391. The summed E-state index contributed by atoms with van der Waals surface area (Å²) in [5.41, 5.74) is 2.00. The van der Waals surface area contributed by atoms with Gasteiger partial charge in [-0.25, -0.2) is 0 Å². The van der Waals surface area contributed by atoms with Gasteiger partial charge in [0.1, 0.15) is 0 Å². The minimum atomic E-state index is 0.0448. The van der Waals surface area contributed by atoms with Crippen LogP contribution in [0.4, 0.5) is 0 Å². The van der Waals surface area contributed by atoms with E-state index in [9.17, 15) is 4.79 Å². The van der Waals surface area contributed by atoms with E-state index in [0.717, 1.165) is 43.9 Å². The first-order valence-corrected chi connectivity index (χ1v) is 5.36. The fraction of sp³-hybridized carbons (Fsp3) is 0.545. The molecule has 3 rings (SSSR count). The van der Waals surface area contributed by atoms with E-state index in [-0.39, 0.29) is 11.3 Å². The van der Waals surface area contributed by atoms with E-state index in [1.54, 1.807) is 0 Å². The highest BCUT2D eigenvalue weighted by Crippen LogP contribution is 2.37. The second-order valence-corrected chi connectivity index (χ2v) is 4.34. The van der Waals surface area contributed by atoms with Gasteiger partial charge in [-0.05, 0) is 18.9 Å². The molecule has 1 amide bonds. The van der Waals surface area contributed by atoms with Gasteiger partial charge in [-0.3, -0.25) is 4.79 Å². The van der Waals surface area contributed by atoms with Crippen LogP contribution in [0.2, 0.25) is 0 Å². The molecule has 4 heteroatoms. The van der Waals surface area contributed by atoms with Gasteiger partial charge in [-0.1, -0.05) is 0 Å². The van der Waals surface area contributed by atoms with Crippen molar-refractivity contribution >= 4 is 5.91 Å². The molecule has 0 saturated carbocycles. The van der Waals surface area contributed by atoms with Gasteiger partial charge in [0.05, 0.1) is 5.56 Å². The lowest BCUT2D eigenvalue weighted by atomic mass is 9.74. The van der Waals surface area contributed by atoms with Gasteiger partial charge < -0.3 is 15.0 Å². The summed E-state index contributed by atoms with van der Waals surface area (Å²) in [5, 5.41) is 2.97. The quantitative estimate of drug-likeness (QED) is 0.660. The van der Waals surface area contributed by atoms with Crippen molar-refractivity contribution in [2.75, 3.05) is 19.8 Å². The molecule has 1 spiro atoms. The summed E-state index contributed by atoms with van der Waals surface area (Å²) in [5.74, 6) is 0.0448. The highest BCUT2D eigenvalue weighted by atomic mass is 16.5. The number of rotatable bonds is 0. The standard InChI is InChI=1S/C11H14N2O2/c14-10-8-1-4-12-9(8)11(7-13-10)2-5-15-6-3-11/h1,4,12H,2-3,5-7H2,(H,13,14). The molecule has 80 valence electrons. The Morgan fingerprint density at radius 3 is 2.93 bits per heavy atom. The van der Waals surface area contributed by atoms with Crippen molar-refractivity contribution in [2.24, 2.45) is 0 Å². The third-order valence-corrected chi connectivity index (χ3v) is 3.56. The van der Waals surface area contributed by atoms with Crippen molar-refractivity contribution in [3.8, 4) is 0 Å². The minimum absolute atomic E-state index is 0.0448. The van der Waals surface area contributed by atoms with Gasteiger partial charge in [0.25, 0.3) is 5.91 Å². The number of hydrogen-bond acceptors (Lipinski definition) is 2. The molecular weight excluding hydrogens is 192 g/mol. The fourth-order valence-corrected chi connectivity index (χ4v) is 2.62. The number of aromatic nitrogens is 1.